The minimum absolute atomic E-state index is 0.0901. The Bertz CT molecular complexity index is 561. The second-order valence-electron chi connectivity index (χ2n) is 5.05. The van der Waals surface area contributed by atoms with E-state index in [2.05, 4.69) is 4.98 Å². The Balaban J connectivity index is 2.47. The number of nitrogens with zero attached hydrogens (tertiary/aromatic N) is 2. The minimum Gasteiger partial charge on any atom is -0.395 e. The molecule has 1 aromatic heterocycles. The van der Waals surface area contributed by atoms with Gasteiger partial charge in [-0.2, -0.15) is 0 Å². The monoisotopic (exact) mass is 264 g/mol. The van der Waals surface area contributed by atoms with Gasteiger partial charge >= 0.3 is 0 Å². The lowest BCUT2D eigenvalue weighted by Crippen LogP contribution is -2.22. The summed E-state index contributed by atoms with van der Waals surface area (Å²) < 4.78 is 1.94. The van der Waals surface area contributed by atoms with Crippen LogP contribution in [0.1, 0.15) is 25.2 Å². The molecule has 0 spiro atoms. The fourth-order valence-electron chi connectivity index (χ4n) is 1.85. The van der Waals surface area contributed by atoms with Crippen molar-refractivity contribution in [1.82, 2.24) is 9.55 Å². The molecule has 96 valence electrons. The number of hydrogen-bond acceptors (Lipinski definition) is 2. The topological polar surface area (TPSA) is 38.0 Å². The highest BCUT2D eigenvalue weighted by Gasteiger charge is 2.20. The van der Waals surface area contributed by atoms with Crippen LogP contribution in [0, 0.1) is 6.92 Å². The third-order valence-electron chi connectivity index (χ3n) is 3.21. The molecule has 2 aromatic rings. The summed E-state index contributed by atoms with van der Waals surface area (Å²) in [5, 5.41) is 10.0. The van der Waals surface area contributed by atoms with E-state index in [-0.39, 0.29) is 12.0 Å². The molecule has 0 amide bonds. The Labute approximate surface area is 112 Å². The molecule has 1 aromatic carbocycles. The first-order valence-corrected chi connectivity index (χ1v) is 6.25. The zero-order valence-electron chi connectivity index (χ0n) is 10.8. The zero-order chi connectivity index (χ0) is 13.3. The molecule has 0 bridgehead atoms. The molecule has 18 heavy (non-hydrogen) atoms. The summed E-state index contributed by atoms with van der Waals surface area (Å²) in [5.41, 5.74) is 1.65. The summed E-state index contributed by atoms with van der Waals surface area (Å²) in [5.74, 6) is 0.895. The van der Waals surface area contributed by atoms with Gasteiger partial charge in [0, 0.05) is 17.8 Å². The van der Waals surface area contributed by atoms with E-state index in [1.807, 2.05) is 49.7 Å². The van der Waals surface area contributed by atoms with E-state index in [0.717, 1.165) is 17.1 Å². The van der Waals surface area contributed by atoms with E-state index in [0.29, 0.717) is 5.02 Å². The SMILES string of the molecule is Cc1nccn1-c1ccc(C(C)(C)CO)cc1Cl. The minimum atomic E-state index is -0.286. The van der Waals surface area contributed by atoms with Crippen molar-refractivity contribution in [3.63, 3.8) is 0 Å². The Hall–Kier alpha value is -1.32. The van der Waals surface area contributed by atoms with Gasteiger partial charge in [0.2, 0.25) is 0 Å². The number of benzene rings is 1. The molecule has 0 aliphatic heterocycles. The smallest absolute Gasteiger partial charge is 0.110 e. The van der Waals surface area contributed by atoms with Crippen molar-refractivity contribution in [3.05, 3.63) is 47.0 Å². The molecule has 0 aliphatic carbocycles. The normalized spacial score (nSPS) is 11.8. The predicted molar refractivity (Wildman–Crippen MR) is 73.4 cm³/mol. The average molecular weight is 265 g/mol. The van der Waals surface area contributed by atoms with Gasteiger partial charge < -0.3 is 9.67 Å². The van der Waals surface area contributed by atoms with Crippen molar-refractivity contribution in [3.8, 4) is 5.69 Å². The predicted octanol–water partition coefficient (Wildman–Crippen LogP) is 3.10. The van der Waals surface area contributed by atoms with Crippen LogP contribution in [-0.4, -0.2) is 21.3 Å². The molecule has 0 radical (unpaired) electrons. The Morgan fingerprint density at radius 1 is 1.39 bits per heavy atom. The maximum Gasteiger partial charge on any atom is 0.110 e. The van der Waals surface area contributed by atoms with Crippen molar-refractivity contribution in [1.29, 1.82) is 0 Å². The third-order valence-corrected chi connectivity index (χ3v) is 3.51. The van der Waals surface area contributed by atoms with Gasteiger partial charge in [0.1, 0.15) is 5.82 Å². The van der Waals surface area contributed by atoms with Gasteiger partial charge in [-0.15, -0.1) is 0 Å². The number of aliphatic hydroxyl groups excluding tert-OH is 1. The lowest BCUT2D eigenvalue weighted by molar-refractivity contribution is 0.218. The van der Waals surface area contributed by atoms with Gasteiger partial charge in [-0.25, -0.2) is 4.98 Å². The van der Waals surface area contributed by atoms with Crippen molar-refractivity contribution >= 4 is 11.6 Å². The first-order valence-electron chi connectivity index (χ1n) is 5.87. The molecule has 0 fully saturated rings. The molecule has 0 saturated heterocycles. The van der Waals surface area contributed by atoms with E-state index in [1.165, 1.54) is 0 Å². The van der Waals surface area contributed by atoms with E-state index in [9.17, 15) is 5.11 Å². The zero-order valence-corrected chi connectivity index (χ0v) is 11.6. The fourth-order valence-corrected chi connectivity index (χ4v) is 2.12. The first kappa shape index (κ1) is 13.1. The van der Waals surface area contributed by atoms with Gasteiger partial charge in [0.15, 0.2) is 0 Å². The van der Waals surface area contributed by atoms with Crippen LogP contribution in [0.3, 0.4) is 0 Å². The first-order chi connectivity index (χ1) is 8.45. The quantitative estimate of drug-likeness (QED) is 0.925. The largest absolute Gasteiger partial charge is 0.395 e. The van der Waals surface area contributed by atoms with Crippen LogP contribution < -0.4 is 0 Å². The van der Waals surface area contributed by atoms with E-state index < -0.39 is 0 Å². The summed E-state index contributed by atoms with van der Waals surface area (Å²) in [7, 11) is 0. The van der Waals surface area contributed by atoms with Crippen molar-refractivity contribution in [2.45, 2.75) is 26.2 Å². The third kappa shape index (κ3) is 2.28. The summed E-state index contributed by atoms with van der Waals surface area (Å²) in [4.78, 5) is 4.19. The molecule has 0 aliphatic rings. The standard InChI is InChI=1S/C14H17ClN2O/c1-10-16-6-7-17(10)13-5-4-11(8-12(13)15)14(2,3)9-18/h4-8,18H,9H2,1-3H3. The van der Waals surface area contributed by atoms with E-state index in [1.54, 1.807) is 6.20 Å². The van der Waals surface area contributed by atoms with Crippen LogP contribution in [0.2, 0.25) is 5.02 Å². The highest BCUT2D eigenvalue weighted by Crippen LogP contribution is 2.29. The second kappa shape index (κ2) is 4.75. The molecule has 0 saturated carbocycles. The summed E-state index contributed by atoms with van der Waals surface area (Å²) in [6.07, 6.45) is 3.63. The lowest BCUT2D eigenvalue weighted by atomic mass is 9.85. The Morgan fingerprint density at radius 3 is 2.61 bits per heavy atom. The van der Waals surface area contributed by atoms with Crippen molar-refractivity contribution in [2.75, 3.05) is 6.61 Å². The number of imidazole rings is 1. The number of halogens is 1. The second-order valence-corrected chi connectivity index (χ2v) is 5.46. The number of aryl methyl sites for hydroxylation is 1. The van der Waals surface area contributed by atoms with Gasteiger partial charge in [-0.05, 0) is 24.6 Å². The van der Waals surface area contributed by atoms with Crippen LogP contribution in [0.5, 0.6) is 0 Å². The van der Waals surface area contributed by atoms with Crippen LogP contribution >= 0.6 is 11.6 Å². The fraction of sp³-hybridized carbons (Fsp3) is 0.357. The molecule has 0 atom stereocenters. The van der Waals surface area contributed by atoms with Gasteiger partial charge in [-0.1, -0.05) is 31.5 Å². The molecule has 0 unspecified atom stereocenters. The maximum absolute atomic E-state index is 9.38. The Morgan fingerprint density at radius 2 is 2.11 bits per heavy atom. The summed E-state index contributed by atoms with van der Waals surface area (Å²) >= 11 is 6.33. The lowest BCUT2D eigenvalue weighted by Gasteiger charge is -2.23. The van der Waals surface area contributed by atoms with Gasteiger partial charge in [-0.3, -0.25) is 0 Å². The molecular formula is C14H17ClN2O. The highest BCUT2D eigenvalue weighted by molar-refractivity contribution is 6.32. The van der Waals surface area contributed by atoms with Crippen LogP contribution in [0.15, 0.2) is 30.6 Å². The molecule has 1 N–H and O–H groups in total. The number of rotatable bonds is 3. The summed E-state index contributed by atoms with van der Waals surface area (Å²) in [6.45, 7) is 6.00. The van der Waals surface area contributed by atoms with E-state index >= 15 is 0 Å². The molecule has 4 heteroatoms. The molecule has 2 rings (SSSR count). The number of aromatic nitrogens is 2. The maximum atomic E-state index is 9.38. The highest BCUT2D eigenvalue weighted by atomic mass is 35.5. The van der Waals surface area contributed by atoms with Crippen molar-refractivity contribution in [2.24, 2.45) is 0 Å². The summed E-state index contributed by atoms with van der Waals surface area (Å²) in [6, 6.07) is 5.87. The number of aliphatic hydroxyl groups is 1. The molecule has 3 nitrogen and oxygen atoms in total. The van der Waals surface area contributed by atoms with Gasteiger partial charge in [0.25, 0.3) is 0 Å². The van der Waals surface area contributed by atoms with E-state index in [4.69, 9.17) is 11.6 Å². The van der Waals surface area contributed by atoms with Crippen molar-refractivity contribution < 1.29 is 5.11 Å². The van der Waals surface area contributed by atoms with Crippen LogP contribution in [-0.2, 0) is 5.41 Å². The van der Waals surface area contributed by atoms with Crippen LogP contribution in [0.25, 0.3) is 5.69 Å². The molecule has 1 heterocycles. The van der Waals surface area contributed by atoms with Gasteiger partial charge in [0.05, 0.1) is 17.3 Å². The van der Waals surface area contributed by atoms with Crippen LogP contribution in [0.4, 0.5) is 0 Å². The number of hydrogen-bond donors (Lipinski definition) is 1. The Kier molecular flexibility index (Phi) is 3.46. The molecular weight excluding hydrogens is 248 g/mol. The average Bonchev–Trinajstić information content (AvgIpc) is 2.75.